The van der Waals surface area contributed by atoms with Gasteiger partial charge in [-0.3, -0.25) is 14.8 Å². The Bertz CT molecular complexity index is 973. The lowest BCUT2D eigenvalue weighted by molar-refractivity contribution is -0.132. The van der Waals surface area contributed by atoms with Gasteiger partial charge in [0.25, 0.3) is 0 Å². The van der Waals surface area contributed by atoms with Crippen molar-refractivity contribution >= 4 is 22.4 Å². The van der Waals surface area contributed by atoms with E-state index in [0.717, 1.165) is 35.8 Å². The van der Waals surface area contributed by atoms with Gasteiger partial charge in [0.1, 0.15) is 5.76 Å². The number of hydrogen-bond acceptors (Lipinski definition) is 4. The molecule has 26 heavy (non-hydrogen) atoms. The molecule has 0 N–H and O–H groups in total. The minimum Gasteiger partial charge on any atom is -0.469 e. The van der Waals surface area contributed by atoms with Crippen molar-refractivity contribution in [3.8, 4) is 6.07 Å². The molecule has 2 aromatic carbocycles. The Balaban J connectivity index is 1.72. The Hall–Kier alpha value is -3.26. The van der Waals surface area contributed by atoms with Gasteiger partial charge >= 0.3 is 0 Å². The lowest BCUT2D eigenvalue weighted by atomic mass is 10.0. The summed E-state index contributed by atoms with van der Waals surface area (Å²) in [5.74, 6) is 0.693. The molecule has 1 aromatic heterocycles. The molecule has 0 saturated carbocycles. The molecule has 1 aliphatic rings. The molecule has 2 heterocycles. The van der Waals surface area contributed by atoms with Gasteiger partial charge in [0, 0.05) is 23.9 Å². The van der Waals surface area contributed by atoms with Crippen LogP contribution >= 0.6 is 0 Å². The van der Waals surface area contributed by atoms with Crippen molar-refractivity contribution in [2.24, 2.45) is 0 Å². The monoisotopic (exact) mass is 345 g/mol. The van der Waals surface area contributed by atoms with Crippen LogP contribution in [0.1, 0.15) is 24.2 Å². The third-order valence-corrected chi connectivity index (χ3v) is 4.77. The van der Waals surface area contributed by atoms with Gasteiger partial charge < -0.3 is 4.42 Å². The first-order chi connectivity index (χ1) is 12.8. The third kappa shape index (κ3) is 2.91. The molecule has 1 saturated heterocycles. The highest BCUT2D eigenvalue weighted by Gasteiger charge is 2.27. The van der Waals surface area contributed by atoms with Crippen LogP contribution in [0.15, 0.2) is 59.2 Å². The molecule has 0 atom stereocenters. The number of carbonyl (C=O) groups is 1. The van der Waals surface area contributed by atoms with Gasteiger partial charge in [-0.1, -0.05) is 24.3 Å². The lowest BCUT2D eigenvalue weighted by Crippen LogP contribution is -2.51. The maximum atomic E-state index is 12.9. The number of amides is 1. The molecule has 0 bridgehead atoms. The number of fused-ring (bicyclic) bond motifs is 1. The number of furan rings is 1. The molecule has 5 nitrogen and oxygen atoms in total. The fourth-order valence-electron chi connectivity index (χ4n) is 3.53. The number of benzene rings is 2. The molecule has 5 heteroatoms. The van der Waals surface area contributed by atoms with Crippen LogP contribution in [0.2, 0.25) is 0 Å². The Morgan fingerprint density at radius 3 is 2.62 bits per heavy atom. The summed E-state index contributed by atoms with van der Waals surface area (Å²) in [6, 6.07) is 17.5. The third-order valence-electron chi connectivity index (χ3n) is 4.77. The van der Waals surface area contributed by atoms with Crippen molar-refractivity contribution < 1.29 is 9.21 Å². The maximum Gasteiger partial charge on any atom is 0.248 e. The second-order valence-corrected chi connectivity index (χ2v) is 6.39. The maximum absolute atomic E-state index is 12.9. The molecule has 1 fully saturated rings. The normalized spacial score (nSPS) is 14.4. The molecule has 0 unspecified atom stereocenters. The molecular weight excluding hydrogens is 326 g/mol. The van der Waals surface area contributed by atoms with E-state index in [1.807, 2.05) is 47.5 Å². The van der Waals surface area contributed by atoms with E-state index in [9.17, 15) is 10.1 Å². The highest BCUT2D eigenvalue weighted by molar-refractivity contribution is 5.98. The first kappa shape index (κ1) is 16.2. The summed E-state index contributed by atoms with van der Waals surface area (Å²) in [5.41, 5.74) is 1.61. The van der Waals surface area contributed by atoms with Crippen LogP contribution in [-0.2, 0) is 11.2 Å². The van der Waals surface area contributed by atoms with E-state index < -0.39 is 0 Å². The van der Waals surface area contributed by atoms with Gasteiger partial charge in [-0.2, -0.15) is 5.26 Å². The molecule has 4 rings (SSSR count). The summed E-state index contributed by atoms with van der Waals surface area (Å²) in [6.45, 7) is 1.47. The molecule has 0 spiro atoms. The quantitative estimate of drug-likeness (QED) is 0.722. The van der Waals surface area contributed by atoms with Gasteiger partial charge in [0.05, 0.1) is 30.0 Å². The average Bonchev–Trinajstić information content (AvgIpc) is 3.20. The predicted octanol–water partition coefficient (Wildman–Crippen LogP) is 3.89. The van der Waals surface area contributed by atoms with Crippen LogP contribution in [-0.4, -0.2) is 24.0 Å². The second kappa shape index (κ2) is 6.93. The van der Waals surface area contributed by atoms with Crippen molar-refractivity contribution in [3.05, 3.63) is 66.1 Å². The topological polar surface area (TPSA) is 60.5 Å². The lowest BCUT2D eigenvalue weighted by Gasteiger charge is -2.40. The zero-order valence-corrected chi connectivity index (χ0v) is 14.4. The molecule has 130 valence electrons. The van der Waals surface area contributed by atoms with Crippen LogP contribution in [0.3, 0.4) is 0 Å². The SMILES string of the molecule is N#Cc1ccc(N2CCCCN2C(=O)Cc2ccco2)c2ccccc12. The predicted molar refractivity (Wildman–Crippen MR) is 99.4 cm³/mol. The van der Waals surface area contributed by atoms with E-state index in [-0.39, 0.29) is 12.3 Å². The van der Waals surface area contributed by atoms with E-state index >= 15 is 0 Å². The average molecular weight is 345 g/mol. The molecule has 0 radical (unpaired) electrons. The highest BCUT2D eigenvalue weighted by atomic mass is 16.3. The number of nitriles is 1. The smallest absolute Gasteiger partial charge is 0.248 e. The number of anilines is 1. The number of carbonyl (C=O) groups excluding carboxylic acids is 1. The first-order valence-electron chi connectivity index (χ1n) is 8.80. The van der Waals surface area contributed by atoms with E-state index in [1.54, 1.807) is 12.3 Å². The van der Waals surface area contributed by atoms with Crippen LogP contribution in [0.25, 0.3) is 10.8 Å². The fraction of sp³-hybridized carbons (Fsp3) is 0.238. The fourth-order valence-corrected chi connectivity index (χ4v) is 3.53. The molecule has 1 amide bonds. The number of hydrogen-bond donors (Lipinski definition) is 0. The Kier molecular flexibility index (Phi) is 4.32. The summed E-state index contributed by atoms with van der Waals surface area (Å²) >= 11 is 0. The summed E-state index contributed by atoms with van der Waals surface area (Å²) in [6.07, 6.45) is 3.84. The summed E-state index contributed by atoms with van der Waals surface area (Å²) in [5, 5.41) is 15.2. The van der Waals surface area contributed by atoms with Crippen LogP contribution in [0.4, 0.5) is 5.69 Å². The number of hydrazine groups is 1. The second-order valence-electron chi connectivity index (χ2n) is 6.39. The van der Waals surface area contributed by atoms with E-state index in [4.69, 9.17) is 4.42 Å². The number of nitrogens with zero attached hydrogens (tertiary/aromatic N) is 3. The van der Waals surface area contributed by atoms with Gasteiger partial charge in [-0.15, -0.1) is 0 Å². The highest BCUT2D eigenvalue weighted by Crippen LogP contribution is 2.32. The van der Waals surface area contributed by atoms with E-state index in [0.29, 0.717) is 17.9 Å². The Morgan fingerprint density at radius 1 is 1.04 bits per heavy atom. The van der Waals surface area contributed by atoms with Crippen LogP contribution in [0.5, 0.6) is 0 Å². The Labute approximate surface area is 152 Å². The molecule has 3 aromatic rings. The van der Waals surface area contributed by atoms with Gasteiger partial charge in [-0.25, -0.2) is 0 Å². The van der Waals surface area contributed by atoms with Crippen LogP contribution < -0.4 is 5.01 Å². The van der Waals surface area contributed by atoms with Crippen molar-refractivity contribution in [1.29, 1.82) is 5.26 Å². The van der Waals surface area contributed by atoms with Crippen molar-refractivity contribution in [2.75, 3.05) is 18.1 Å². The minimum absolute atomic E-state index is 0.0214. The molecule has 1 aliphatic heterocycles. The summed E-state index contributed by atoms with van der Waals surface area (Å²) in [7, 11) is 0. The summed E-state index contributed by atoms with van der Waals surface area (Å²) in [4.78, 5) is 12.9. The van der Waals surface area contributed by atoms with E-state index in [2.05, 4.69) is 11.1 Å². The van der Waals surface area contributed by atoms with Crippen molar-refractivity contribution in [3.63, 3.8) is 0 Å². The van der Waals surface area contributed by atoms with E-state index in [1.165, 1.54) is 0 Å². The standard InChI is InChI=1S/C21H19N3O2/c22-15-16-9-10-20(19-8-2-1-7-18(16)19)23-11-3-4-12-24(23)21(25)14-17-6-5-13-26-17/h1-2,5-10,13H,3-4,11-12,14H2. The van der Waals surface area contributed by atoms with Gasteiger partial charge in [0.2, 0.25) is 5.91 Å². The van der Waals surface area contributed by atoms with Crippen molar-refractivity contribution in [2.45, 2.75) is 19.3 Å². The number of rotatable bonds is 3. The largest absolute Gasteiger partial charge is 0.469 e. The van der Waals surface area contributed by atoms with Gasteiger partial charge in [0.15, 0.2) is 0 Å². The van der Waals surface area contributed by atoms with Crippen molar-refractivity contribution in [1.82, 2.24) is 5.01 Å². The summed E-state index contributed by atoms with van der Waals surface area (Å²) < 4.78 is 5.33. The molecule has 0 aliphatic carbocycles. The first-order valence-corrected chi connectivity index (χ1v) is 8.80. The van der Waals surface area contributed by atoms with Crippen LogP contribution in [0, 0.1) is 11.3 Å². The molecular formula is C21H19N3O2. The Morgan fingerprint density at radius 2 is 1.85 bits per heavy atom. The zero-order valence-electron chi connectivity index (χ0n) is 14.4. The zero-order chi connectivity index (χ0) is 17.9. The minimum atomic E-state index is 0.0214. The van der Waals surface area contributed by atoms with Gasteiger partial charge in [-0.05, 0) is 37.1 Å².